The highest BCUT2D eigenvalue weighted by molar-refractivity contribution is 5.11. The zero-order valence-electron chi connectivity index (χ0n) is 12.7. The van der Waals surface area contributed by atoms with Gasteiger partial charge in [0.25, 0.3) is 0 Å². The zero-order chi connectivity index (χ0) is 13.8. The van der Waals surface area contributed by atoms with Crippen molar-refractivity contribution in [2.24, 2.45) is 23.5 Å². The van der Waals surface area contributed by atoms with E-state index < -0.39 is 0 Å². The third kappa shape index (κ3) is 3.38. The molecule has 0 amide bonds. The van der Waals surface area contributed by atoms with Gasteiger partial charge in [0.15, 0.2) is 0 Å². The molecule has 1 aliphatic carbocycles. The van der Waals surface area contributed by atoms with Gasteiger partial charge < -0.3 is 5.73 Å². The molecule has 0 bridgehead atoms. The molecule has 2 N–H and O–H groups in total. The van der Waals surface area contributed by atoms with Gasteiger partial charge in [-0.15, -0.1) is 0 Å². The van der Waals surface area contributed by atoms with Crippen molar-refractivity contribution < 1.29 is 0 Å². The first kappa shape index (κ1) is 14.6. The zero-order valence-corrected chi connectivity index (χ0v) is 12.7. The summed E-state index contributed by atoms with van der Waals surface area (Å²) in [5.41, 5.74) is 8.61. The highest BCUT2D eigenvalue weighted by Crippen LogP contribution is 2.35. The molecule has 0 aliphatic heterocycles. The van der Waals surface area contributed by atoms with E-state index in [1.807, 2.05) is 0 Å². The summed E-state index contributed by atoms with van der Waals surface area (Å²) in [5, 5.41) is 4.67. The van der Waals surface area contributed by atoms with E-state index in [-0.39, 0.29) is 0 Å². The van der Waals surface area contributed by atoms with Crippen LogP contribution >= 0.6 is 0 Å². The van der Waals surface area contributed by atoms with Crippen LogP contribution in [0.25, 0.3) is 0 Å². The van der Waals surface area contributed by atoms with Gasteiger partial charge in [0.1, 0.15) is 0 Å². The number of aryl methyl sites for hydroxylation is 2. The lowest BCUT2D eigenvalue weighted by Gasteiger charge is -2.34. The maximum absolute atomic E-state index is 5.97. The van der Waals surface area contributed by atoms with Gasteiger partial charge in [-0.1, -0.05) is 20.3 Å². The van der Waals surface area contributed by atoms with Crippen LogP contribution in [-0.4, -0.2) is 16.3 Å². The number of hydrogen-bond donors (Lipinski definition) is 1. The molecular formula is C16H29N3. The van der Waals surface area contributed by atoms with Gasteiger partial charge in [0.2, 0.25) is 0 Å². The first-order valence-corrected chi connectivity index (χ1v) is 7.93. The van der Waals surface area contributed by atoms with E-state index in [0.29, 0.717) is 5.92 Å². The van der Waals surface area contributed by atoms with Gasteiger partial charge in [0.05, 0.1) is 5.69 Å². The molecule has 0 radical (unpaired) electrons. The second kappa shape index (κ2) is 6.56. The van der Waals surface area contributed by atoms with Gasteiger partial charge in [-0.3, -0.25) is 4.68 Å². The molecule has 1 fully saturated rings. The smallest absolute Gasteiger partial charge is 0.0624 e. The molecule has 19 heavy (non-hydrogen) atoms. The summed E-state index contributed by atoms with van der Waals surface area (Å²) in [6.07, 6.45) is 6.18. The Kier molecular flexibility index (Phi) is 5.03. The van der Waals surface area contributed by atoms with Crippen molar-refractivity contribution in [3.8, 4) is 0 Å². The predicted molar refractivity (Wildman–Crippen MR) is 80.0 cm³/mol. The van der Waals surface area contributed by atoms with Crippen LogP contribution in [0.15, 0.2) is 6.07 Å². The van der Waals surface area contributed by atoms with Crippen LogP contribution in [0.2, 0.25) is 0 Å². The van der Waals surface area contributed by atoms with Crippen molar-refractivity contribution in [1.29, 1.82) is 0 Å². The topological polar surface area (TPSA) is 43.8 Å². The fourth-order valence-electron chi connectivity index (χ4n) is 3.52. The van der Waals surface area contributed by atoms with Gasteiger partial charge in [-0.25, -0.2) is 0 Å². The van der Waals surface area contributed by atoms with Gasteiger partial charge >= 0.3 is 0 Å². The lowest BCUT2D eigenvalue weighted by atomic mass is 9.73. The quantitative estimate of drug-likeness (QED) is 0.887. The van der Waals surface area contributed by atoms with Crippen molar-refractivity contribution in [2.75, 3.05) is 6.54 Å². The number of aromatic nitrogens is 2. The number of rotatable bonds is 5. The summed E-state index contributed by atoms with van der Waals surface area (Å²) in [5.74, 6) is 2.32. The molecule has 1 aliphatic rings. The summed E-state index contributed by atoms with van der Waals surface area (Å²) < 4.78 is 2.19. The molecule has 0 spiro atoms. The number of nitrogens with two attached hydrogens (primary N) is 1. The van der Waals surface area contributed by atoms with E-state index in [1.165, 1.54) is 30.7 Å². The van der Waals surface area contributed by atoms with Crippen molar-refractivity contribution in [3.63, 3.8) is 0 Å². The molecule has 3 atom stereocenters. The summed E-state index contributed by atoms with van der Waals surface area (Å²) in [4.78, 5) is 0. The molecule has 1 saturated carbocycles. The highest BCUT2D eigenvalue weighted by Gasteiger charge is 2.28. The van der Waals surface area contributed by atoms with E-state index in [0.717, 1.165) is 37.8 Å². The monoisotopic (exact) mass is 263 g/mol. The molecular weight excluding hydrogens is 234 g/mol. The molecule has 0 saturated heterocycles. The second-order valence-corrected chi connectivity index (χ2v) is 6.17. The fraction of sp³-hybridized carbons (Fsp3) is 0.812. The van der Waals surface area contributed by atoms with E-state index in [1.54, 1.807) is 0 Å². The molecule has 1 aromatic rings. The first-order chi connectivity index (χ1) is 9.17. The van der Waals surface area contributed by atoms with Crippen molar-refractivity contribution in [3.05, 3.63) is 17.5 Å². The van der Waals surface area contributed by atoms with E-state index >= 15 is 0 Å². The van der Waals surface area contributed by atoms with E-state index in [2.05, 4.69) is 36.6 Å². The van der Waals surface area contributed by atoms with Crippen LogP contribution in [0.3, 0.4) is 0 Å². The normalized spacial score (nSPS) is 27.7. The molecule has 3 unspecified atom stereocenters. The molecule has 1 heterocycles. The largest absolute Gasteiger partial charge is 0.330 e. The highest BCUT2D eigenvalue weighted by atomic mass is 15.3. The van der Waals surface area contributed by atoms with Crippen LogP contribution in [0.1, 0.15) is 51.4 Å². The summed E-state index contributed by atoms with van der Waals surface area (Å²) >= 11 is 0. The lowest BCUT2D eigenvalue weighted by Crippen LogP contribution is -2.31. The Morgan fingerprint density at radius 3 is 2.74 bits per heavy atom. The van der Waals surface area contributed by atoms with Gasteiger partial charge in [0, 0.05) is 12.2 Å². The minimum Gasteiger partial charge on any atom is -0.330 e. The Labute approximate surface area is 117 Å². The number of nitrogens with zero attached hydrogens (tertiary/aromatic N) is 2. The third-order valence-corrected chi connectivity index (χ3v) is 4.75. The minimum absolute atomic E-state index is 0.710. The standard InChI is InChI=1S/C16H29N3/c1-4-15-10-16(19(5-2)18-15)9-14-8-12(3)6-7-13(14)11-17/h10,12-14H,4-9,11,17H2,1-3H3. The molecule has 108 valence electrons. The fourth-order valence-corrected chi connectivity index (χ4v) is 3.52. The molecule has 3 heteroatoms. The van der Waals surface area contributed by atoms with E-state index in [4.69, 9.17) is 5.73 Å². The molecule has 3 nitrogen and oxygen atoms in total. The van der Waals surface area contributed by atoms with Crippen molar-refractivity contribution in [2.45, 2.75) is 59.4 Å². The number of hydrogen-bond acceptors (Lipinski definition) is 2. The maximum atomic E-state index is 5.97. The van der Waals surface area contributed by atoms with Crippen molar-refractivity contribution in [1.82, 2.24) is 9.78 Å². The lowest BCUT2D eigenvalue weighted by molar-refractivity contribution is 0.190. The predicted octanol–water partition coefficient (Wildman–Crippen LogP) is 3.02. The molecule has 2 rings (SSSR count). The summed E-state index contributed by atoms with van der Waals surface area (Å²) in [6, 6.07) is 2.30. The van der Waals surface area contributed by atoms with Gasteiger partial charge in [-0.05, 0) is 63.0 Å². The second-order valence-electron chi connectivity index (χ2n) is 6.17. The molecule has 1 aromatic heterocycles. The minimum atomic E-state index is 0.710. The Morgan fingerprint density at radius 1 is 1.32 bits per heavy atom. The van der Waals surface area contributed by atoms with Crippen molar-refractivity contribution >= 4 is 0 Å². The first-order valence-electron chi connectivity index (χ1n) is 7.93. The van der Waals surface area contributed by atoms with Crippen LogP contribution in [0.5, 0.6) is 0 Å². The Hall–Kier alpha value is -0.830. The van der Waals surface area contributed by atoms with Crippen LogP contribution in [0.4, 0.5) is 0 Å². The average Bonchev–Trinajstić information content (AvgIpc) is 2.81. The Morgan fingerprint density at radius 2 is 2.11 bits per heavy atom. The average molecular weight is 263 g/mol. The van der Waals surface area contributed by atoms with Gasteiger partial charge in [-0.2, -0.15) is 5.10 Å². The maximum Gasteiger partial charge on any atom is 0.0624 e. The van der Waals surface area contributed by atoms with Crippen LogP contribution < -0.4 is 5.73 Å². The Bertz CT molecular complexity index is 397. The summed E-state index contributed by atoms with van der Waals surface area (Å²) in [7, 11) is 0. The third-order valence-electron chi connectivity index (χ3n) is 4.75. The Balaban J connectivity index is 2.11. The summed E-state index contributed by atoms with van der Waals surface area (Å²) in [6.45, 7) is 8.56. The van der Waals surface area contributed by atoms with Crippen LogP contribution in [-0.2, 0) is 19.4 Å². The molecule has 0 aromatic carbocycles. The van der Waals surface area contributed by atoms with E-state index in [9.17, 15) is 0 Å². The van der Waals surface area contributed by atoms with Crippen LogP contribution in [0, 0.1) is 17.8 Å². The SMILES string of the molecule is CCc1cc(CC2CC(C)CCC2CN)n(CC)n1.